The summed E-state index contributed by atoms with van der Waals surface area (Å²) in [6.07, 6.45) is 2.32. The van der Waals surface area contributed by atoms with Crippen molar-refractivity contribution in [2.45, 2.75) is 25.6 Å². The zero-order valence-electron chi connectivity index (χ0n) is 9.05. The molecular formula is C11H10BrNO4. The second-order valence-corrected chi connectivity index (χ2v) is 4.68. The molecular weight excluding hydrogens is 290 g/mol. The number of carbonyl (C=O) groups is 2. The monoisotopic (exact) mass is 299 g/mol. The standard InChI is InChI=1S/C11H10BrNO4/c1-6-2-9(11(15)16-6)17-10(14)7-3-8(12)5-13-4-7/h3-6,9H,2H2,1H3/t6-,9+/m1/s1. The molecule has 1 aromatic heterocycles. The smallest absolute Gasteiger partial charge is 0.347 e. The van der Waals surface area contributed by atoms with Crippen molar-refractivity contribution in [1.29, 1.82) is 0 Å². The summed E-state index contributed by atoms with van der Waals surface area (Å²) in [5.41, 5.74) is 0.298. The Morgan fingerprint density at radius 2 is 2.35 bits per heavy atom. The first-order chi connectivity index (χ1) is 8.06. The van der Waals surface area contributed by atoms with Crippen molar-refractivity contribution >= 4 is 27.9 Å². The van der Waals surface area contributed by atoms with E-state index in [2.05, 4.69) is 20.9 Å². The minimum Gasteiger partial charge on any atom is -0.460 e. The Kier molecular flexibility index (Phi) is 3.42. The molecule has 0 spiro atoms. The largest absolute Gasteiger partial charge is 0.460 e. The number of hydrogen-bond donors (Lipinski definition) is 0. The number of carbonyl (C=O) groups excluding carboxylic acids is 2. The predicted molar refractivity (Wildman–Crippen MR) is 61.3 cm³/mol. The zero-order chi connectivity index (χ0) is 12.4. The van der Waals surface area contributed by atoms with Crippen LogP contribution in [0.1, 0.15) is 23.7 Å². The summed E-state index contributed by atoms with van der Waals surface area (Å²) in [7, 11) is 0. The van der Waals surface area contributed by atoms with Gasteiger partial charge in [0, 0.05) is 23.3 Å². The van der Waals surface area contributed by atoms with Crippen LogP contribution in [0.25, 0.3) is 0 Å². The molecule has 0 bridgehead atoms. The lowest BCUT2D eigenvalue weighted by molar-refractivity contribution is -0.147. The minimum atomic E-state index is -0.809. The van der Waals surface area contributed by atoms with Gasteiger partial charge in [-0.05, 0) is 28.9 Å². The van der Waals surface area contributed by atoms with Crippen LogP contribution in [0.3, 0.4) is 0 Å². The third kappa shape index (κ3) is 2.82. The summed E-state index contributed by atoms with van der Waals surface area (Å²) in [6, 6.07) is 1.58. The number of esters is 2. The Labute approximate surface area is 106 Å². The van der Waals surface area contributed by atoms with Crippen LogP contribution in [0.4, 0.5) is 0 Å². The van der Waals surface area contributed by atoms with E-state index in [0.29, 0.717) is 16.5 Å². The second-order valence-electron chi connectivity index (χ2n) is 3.77. The molecule has 1 aromatic rings. The third-order valence-corrected chi connectivity index (χ3v) is 2.75. The van der Waals surface area contributed by atoms with Gasteiger partial charge in [0.2, 0.25) is 6.10 Å². The van der Waals surface area contributed by atoms with Crippen LogP contribution < -0.4 is 0 Å². The maximum Gasteiger partial charge on any atom is 0.347 e. The Morgan fingerprint density at radius 1 is 1.59 bits per heavy atom. The minimum absolute atomic E-state index is 0.207. The van der Waals surface area contributed by atoms with Gasteiger partial charge in [-0.2, -0.15) is 0 Å². The van der Waals surface area contributed by atoms with Crippen molar-refractivity contribution < 1.29 is 19.1 Å². The van der Waals surface area contributed by atoms with Gasteiger partial charge in [-0.25, -0.2) is 9.59 Å². The summed E-state index contributed by atoms with van der Waals surface area (Å²) in [4.78, 5) is 26.9. The first-order valence-corrected chi connectivity index (χ1v) is 5.87. The lowest BCUT2D eigenvalue weighted by Gasteiger charge is -2.07. The van der Waals surface area contributed by atoms with Crippen LogP contribution in [-0.4, -0.2) is 29.1 Å². The Balaban J connectivity index is 2.05. The summed E-state index contributed by atoms with van der Waals surface area (Å²) >= 11 is 3.20. The summed E-state index contributed by atoms with van der Waals surface area (Å²) in [6.45, 7) is 1.76. The van der Waals surface area contributed by atoms with Crippen molar-refractivity contribution in [3.63, 3.8) is 0 Å². The summed E-state index contributed by atoms with van der Waals surface area (Å²) in [5, 5.41) is 0. The Morgan fingerprint density at radius 3 is 2.94 bits per heavy atom. The molecule has 0 N–H and O–H groups in total. The lowest BCUT2D eigenvalue weighted by atomic mass is 10.2. The molecule has 1 aliphatic heterocycles. The number of nitrogens with zero attached hydrogens (tertiary/aromatic N) is 1. The molecule has 5 nitrogen and oxygen atoms in total. The zero-order valence-corrected chi connectivity index (χ0v) is 10.6. The molecule has 0 unspecified atom stereocenters. The van der Waals surface area contributed by atoms with Crippen LogP contribution in [0, 0.1) is 0 Å². The molecule has 1 saturated heterocycles. The number of aromatic nitrogens is 1. The quantitative estimate of drug-likeness (QED) is 0.778. The predicted octanol–water partition coefficient (Wildman–Crippen LogP) is 1.70. The molecule has 2 rings (SSSR count). The summed E-state index contributed by atoms with van der Waals surface area (Å²) in [5.74, 6) is -1.07. The third-order valence-electron chi connectivity index (χ3n) is 2.32. The van der Waals surface area contributed by atoms with Crippen molar-refractivity contribution in [1.82, 2.24) is 4.98 Å². The molecule has 90 valence electrons. The number of rotatable bonds is 2. The van der Waals surface area contributed by atoms with E-state index >= 15 is 0 Å². The summed E-state index contributed by atoms with van der Waals surface area (Å²) < 4.78 is 10.6. The molecule has 0 saturated carbocycles. The number of hydrogen-bond acceptors (Lipinski definition) is 5. The van der Waals surface area contributed by atoms with Crippen molar-refractivity contribution in [2.75, 3.05) is 0 Å². The van der Waals surface area contributed by atoms with Gasteiger partial charge in [-0.15, -0.1) is 0 Å². The van der Waals surface area contributed by atoms with Crippen LogP contribution in [0.5, 0.6) is 0 Å². The fourth-order valence-electron chi connectivity index (χ4n) is 1.54. The molecule has 2 heterocycles. The van der Waals surface area contributed by atoms with Crippen LogP contribution in [-0.2, 0) is 14.3 Å². The first kappa shape index (κ1) is 12.0. The van der Waals surface area contributed by atoms with Crippen molar-refractivity contribution in [3.8, 4) is 0 Å². The van der Waals surface area contributed by atoms with Crippen LogP contribution in [0.2, 0.25) is 0 Å². The van der Waals surface area contributed by atoms with Crippen LogP contribution in [0.15, 0.2) is 22.9 Å². The maximum atomic E-state index is 11.7. The van der Waals surface area contributed by atoms with E-state index in [1.54, 1.807) is 19.2 Å². The number of halogens is 1. The average molecular weight is 300 g/mol. The van der Waals surface area contributed by atoms with Gasteiger partial charge in [-0.1, -0.05) is 0 Å². The SMILES string of the molecule is C[C@@H]1C[C@H](OC(=O)c2cncc(Br)c2)C(=O)O1. The molecule has 0 aromatic carbocycles. The van der Waals surface area contributed by atoms with Crippen LogP contribution >= 0.6 is 15.9 Å². The number of pyridine rings is 1. The highest BCUT2D eigenvalue weighted by molar-refractivity contribution is 9.10. The fourth-order valence-corrected chi connectivity index (χ4v) is 1.90. The Hall–Kier alpha value is -1.43. The highest BCUT2D eigenvalue weighted by Gasteiger charge is 2.35. The fraction of sp³-hybridized carbons (Fsp3) is 0.364. The molecule has 0 aliphatic carbocycles. The van der Waals surface area contributed by atoms with Crippen molar-refractivity contribution in [3.05, 3.63) is 28.5 Å². The molecule has 1 fully saturated rings. The van der Waals surface area contributed by atoms with E-state index < -0.39 is 18.0 Å². The van der Waals surface area contributed by atoms with Gasteiger partial charge in [0.25, 0.3) is 0 Å². The highest BCUT2D eigenvalue weighted by atomic mass is 79.9. The molecule has 0 radical (unpaired) electrons. The van der Waals surface area contributed by atoms with E-state index in [9.17, 15) is 9.59 Å². The van der Waals surface area contributed by atoms with Gasteiger partial charge < -0.3 is 9.47 Å². The average Bonchev–Trinajstić information content (AvgIpc) is 2.57. The number of ether oxygens (including phenoxy) is 2. The molecule has 6 heteroatoms. The van der Waals surface area contributed by atoms with E-state index in [0.717, 1.165) is 0 Å². The Bertz CT molecular complexity index is 463. The molecule has 17 heavy (non-hydrogen) atoms. The van der Waals surface area contributed by atoms with E-state index in [1.165, 1.54) is 6.20 Å². The van der Waals surface area contributed by atoms with E-state index in [4.69, 9.17) is 9.47 Å². The topological polar surface area (TPSA) is 65.5 Å². The van der Waals surface area contributed by atoms with Crippen molar-refractivity contribution in [2.24, 2.45) is 0 Å². The van der Waals surface area contributed by atoms with Gasteiger partial charge in [0.15, 0.2) is 0 Å². The van der Waals surface area contributed by atoms with Gasteiger partial charge in [0.05, 0.1) is 5.56 Å². The van der Waals surface area contributed by atoms with E-state index in [-0.39, 0.29) is 6.10 Å². The lowest BCUT2D eigenvalue weighted by Crippen LogP contribution is -2.22. The maximum absolute atomic E-state index is 11.7. The molecule has 2 atom stereocenters. The van der Waals surface area contributed by atoms with E-state index in [1.807, 2.05) is 0 Å². The van der Waals surface area contributed by atoms with Gasteiger partial charge in [0.1, 0.15) is 6.10 Å². The molecule has 1 aliphatic rings. The van der Waals surface area contributed by atoms with Gasteiger partial charge >= 0.3 is 11.9 Å². The highest BCUT2D eigenvalue weighted by Crippen LogP contribution is 2.19. The first-order valence-electron chi connectivity index (χ1n) is 5.08. The normalized spacial score (nSPS) is 23.3. The molecule has 0 amide bonds. The van der Waals surface area contributed by atoms with Gasteiger partial charge in [-0.3, -0.25) is 4.98 Å². The second kappa shape index (κ2) is 4.83. The number of cyclic esters (lactones) is 1.